The first-order valence-corrected chi connectivity index (χ1v) is 17.1. The average Bonchev–Trinajstić information content (AvgIpc) is 3.48. The van der Waals surface area contributed by atoms with Crippen molar-refractivity contribution in [2.75, 3.05) is 0 Å². The van der Waals surface area contributed by atoms with Gasteiger partial charge in [0.1, 0.15) is 0 Å². The topological polar surface area (TPSA) is 0 Å². The highest BCUT2D eigenvalue weighted by atomic mass is 14.5. The molecule has 0 heteroatoms. The molecular weight excluding hydrogens is 589 g/mol. The molecule has 10 rings (SSSR count). The lowest BCUT2D eigenvalue weighted by Gasteiger charge is -2.34. The fourth-order valence-corrected chi connectivity index (χ4v) is 8.77. The van der Waals surface area contributed by atoms with Crippen molar-refractivity contribution in [1.82, 2.24) is 0 Å². The maximum atomic E-state index is 2.51. The van der Waals surface area contributed by atoms with Crippen molar-refractivity contribution in [3.63, 3.8) is 0 Å². The fraction of sp³-hybridized carbons (Fsp3) is 0.0204. The first kappa shape index (κ1) is 27.8. The molecule has 0 N–H and O–H groups in total. The molecule has 0 amide bonds. The smallest absolute Gasteiger partial charge is 0.0622 e. The van der Waals surface area contributed by atoms with Crippen LogP contribution in [0.5, 0.6) is 0 Å². The minimum absolute atomic E-state index is 0.483. The van der Waals surface area contributed by atoms with Crippen LogP contribution in [-0.2, 0) is 5.41 Å². The molecule has 0 fully saturated rings. The molecule has 0 bridgehead atoms. The zero-order valence-electron chi connectivity index (χ0n) is 27.0. The average molecular weight is 621 g/mol. The van der Waals surface area contributed by atoms with E-state index in [4.69, 9.17) is 0 Å². The van der Waals surface area contributed by atoms with Gasteiger partial charge in [0.25, 0.3) is 0 Å². The molecule has 0 spiro atoms. The van der Waals surface area contributed by atoms with Gasteiger partial charge in [0.15, 0.2) is 0 Å². The van der Waals surface area contributed by atoms with Gasteiger partial charge in [-0.05, 0) is 94.0 Å². The Balaban J connectivity index is 1.35. The minimum Gasteiger partial charge on any atom is -0.0622 e. The first-order valence-electron chi connectivity index (χ1n) is 17.1. The molecule has 0 saturated heterocycles. The lowest BCUT2D eigenvalue weighted by molar-refractivity contribution is 0.769. The maximum absolute atomic E-state index is 2.51. The van der Waals surface area contributed by atoms with Crippen LogP contribution < -0.4 is 0 Å². The zero-order chi connectivity index (χ0) is 32.4. The molecule has 0 nitrogen and oxygen atoms in total. The van der Waals surface area contributed by atoms with Crippen LogP contribution in [0.4, 0.5) is 0 Å². The number of fused-ring (bicyclic) bond motifs is 7. The molecule has 0 aliphatic heterocycles. The molecule has 228 valence electrons. The summed E-state index contributed by atoms with van der Waals surface area (Å²) in [5, 5.41) is 7.65. The molecule has 9 aromatic carbocycles. The van der Waals surface area contributed by atoms with Gasteiger partial charge in [-0.15, -0.1) is 0 Å². The molecule has 0 aromatic heterocycles. The van der Waals surface area contributed by atoms with Crippen LogP contribution in [0.15, 0.2) is 194 Å². The van der Waals surface area contributed by atoms with E-state index < -0.39 is 5.41 Å². The maximum Gasteiger partial charge on any atom is 0.0714 e. The summed E-state index contributed by atoms with van der Waals surface area (Å²) >= 11 is 0. The van der Waals surface area contributed by atoms with Crippen LogP contribution in [0.25, 0.3) is 65.7 Å². The van der Waals surface area contributed by atoms with Crippen LogP contribution in [-0.4, -0.2) is 0 Å². The standard InChI is InChI=1S/C49H32/c1-4-17-34(18-5-1)46-39-24-12-14-26-41(39)47(42-27-15-13-25-40(42)46)35-28-30-43-45(32-35)49(36-19-6-2-7-20-36,37-21-8-3-9-22-37)44-31-29-33-16-10-11-23-38(33)48(43)44/h1-32H. The molecule has 49 heavy (non-hydrogen) atoms. The molecule has 0 saturated carbocycles. The highest BCUT2D eigenvalue weighted by Crippen LogP contribution is 2.58. The number of hydrogen-bond donors (Lipinski definition) is 0. The van der Waals surface area contributed by atoms with Crippen molar-refractivity contribution >= 4 is 32.3 Å². The van der Waals surface area contributed by atoms with E-state index in [0.717, 1.165) is 0 Å². The quantitative estimate of drug-likeness (QED) is 0.172. The molecule has 0 atom stereocenters. The lowest BCUT2D eigenvalue weighted by Crippen LogP contribution is -2.28. The van der Waals surface area contributed by atoms with E-state index in [1.807, 2.05) is 0 Å². The van der Waals surface area contributed by atoms with Crippen LogP contribution in [0.1, 0.15) is 22.3 Å². The van der Waals surface area contributed by atoms with Gasteiger partial charge in [-0.2, -0.15) is 0 Å². The first-order chi connectivity index (χ1) is 24.3. The fourth-order valence-electron chi connectivity index (χ4n) is 8.77. The number of hydrogen-bond acceptors (Lipinski definition) is 0. The summed E-state index contributed by atoms with van der Waals surface area (Å²) in [4.78, 5) is 0. The third kappa shape index (κ3) is 3.98. The SMILES string of the molecule is c1ccc(-c2c3ccccc3c(-c3ccc4c(c3)C(c3ccccc3)(c3ccccc3)c3ccc5ccccc5c3-4)c3ccccc23)cc1. The summed E-state index contributed by atoms with van der Waals surface area (Å²) in [5.74, 6) is 0. The van der Waals surface area contributed by atoms with Gasteiger partial charge in [-0.3, -0.25) is 0 Å². The van der Waals surface area contributed by atoms with Crippen LogP contribution in [0.2, 0.25) is 0 Å². The molecular formula is C49H32. The molecule has 0 radical (unpaired) electrons. The summed E-state index contributed by atoms with van der Waals surface area (Å²) < 4.78 is 0. The molecule has 0 unspecified atom stereocenters. The van der Waals surface area contributed by atoms with E-state index in [9.17, 15) is 0 Å². The van der Waals surface area contributed by atoms with E-state index in [-0.39, 0.29) is 0 Å². The van der Waals surface area contributed by atoms with Gasteiger partial charge in [-0.25, -0.2) is 0 Å². The predicted octanol–water partition coefficient (Wildman–Crippen LogP) is 12.8. The Morgan fingerprint density at radius 3 is 1.33 bits per heavy atom. The monoisotopic (exact) mass is 620 g/mol. The Labute approximate surface area is 286 Å². The minimum atomic E-state index is -0.483. The van der Waals surface area contributed by atoms with Gasteiger partial charge in [0, 0.05) is 0 Å². The molecule has 1 aliphatic rings. The normalized spacial score (nSPS) is 13.1. The van der Waals surface area contributed by atoms with E-state index >= 15 is 0 Å². The van der Waals surface area contributed by atoms with E-state index in [1.165, 1.54) is 88.0 Å². The van der Waals surface area contributed by atoms with Gasteiger partial charge in [0.2, 0.25) is 0 Å². The summed E-state index contributed by atoms with van der Waals surface area (Å²) in [5.41, 5.74) is 12.4. The van der Waals surface area contributed by atoms with Crippen LogP contribution >= 0.6 is 0 Å². The van der Waals surface area contributed by atoms with Crippen LogP contribution in [0, 0.1) is 0 Å². The lowest BCUT2D eigenvalue weighted by atomic mass is 9.67. The largest absolute Gasteiger partial charge is 0.0714 e. The van der Waals surface area contributed by atoms with Gasteiger partial charge < -0.3 is 0 Å². The predicted molar refractivity (Wildman–Crippen MR) is 207 cm³/mol. The summed E-state index contributed by atoms with van der Waals surface area (Å²) in [6.07, 6.45) is 0. The highest BCUT2D eigenvalue weighted by Gasteiger charge is 2.46. The van der Waals surface area contributed by atoms with Gasteiger partial charge in [0.05, 0.1) is 5.41 Å². The van der Waals surface area contributed by atoms with Crippen molar-refractivity contribution in [3.8, 4) is 33.4 Å². The Hall–Kier alpha value is -6.24. The van der Waals surface area contributed by atoms with Gasteiger partial charge in [-0.1, -0.05) is 188 Å². The summed E-state index contributed by atoms with van der Waals surface area (Å²) in [6.45, 7) is 0. The highest BCUT2D eigenvalue weighted by molar-refractivity contribution is 6.21. The van der Waals surface area contributed by atoms with Crippen molar-refractivity contribution in [2.45, 2.75) is 5.41 Å². The number of benzene rings is 9. The zero-order valence-corrected chi connectivity index (χ0v) is 27.0. The molecule has 9 aromatic rings. The third-order valence-corrected chi connectivity index (χ3v) is 10.7. The van der Waals surface area contributed by atoms with Crippen molar-refractivity contribution in [2.24, 2.45) is 0 Å². The van der Waals surface area contributed by atoms with E-state index in [0.29, 0.717) is 0 Å². The van der Waals surface area contributed by atoms with Gasteiger partial charge >= 0.3 is 0 Å². The Bertz CT molecular complexity index is 2590. The van der Waals surface area contributed by atoms with Crippen molar-refractivity contribution < 1.29 is 0 Å². The Morgan fingerprint density at radius 1 is 0.286 bits per heavy atom. The van der Waals surface area contributed by atoms with E-state index in [2.05, 4.69) is 194 Å². The second-order valence-corrected chi connectivity index (χ2v) is 13.2. The second kappa shape index (κ2) is 10.9. The second-order valence-electron chi connectivity index (χ2n) is 13.2. The van der Waals surface area contributed by atoms with Crippen molar-refractivity contribution in [1.29, 1.82) is 0 Å². The molecule has 0 heterocycles. The Kier molecular flexibility index (Phi) is 6.19. The Morgan fingerprint density at radius 2 is 0.755 bits per heavy atom. The third-order valence-electron chi connectivity index (χ3n) is 10.7. The van der Waals surface area contributed by atoms with E-state index in [1.54, 1.807) is 0 Å². The number of rotatable bonds is 4. The summed E-state index contributed by atoms with van der Waals surface area (Å²) in [6, 6.07) is 71.8. The van der Waals surface area contributed by atoms with Crippen molar-refractivity contribution in [3.05, 3.63) is 216 Å². The summed E-state index contributed by atoms with van der Waals surface area (Å²) in [7, 11) is 0. The van der Waals surface area contributed by atoms with Crippen LogP contribution in [0.3, 0.4) is 0 Å². The molecule has 1 aliphatic carbocycles.